The zero-order valence-corrected chi connectivity index (χ0v) is 16.0. The molecule has 4 saturated carbocycles. The fourth-order valence-electron chi connectivity index (χ4n) is 8.43. The van der Waals surface area contributed by atoms with Crippen molar-refractivity contribution in [1.29, 1.82) is 0 Å². The second-order valence-corrected chi connectivity index (χ2v) is 10.9. The summed E-state index contributed by atoms with van der Waals surface area (Å²) < 4.78 is 20.5. The molecule has 5 aliphatic rings. The van der Waals surface area contributed by atoms with Gasteiger partial charge in [-0.2, -0.15) is 0 Å². The van der Waals surface area contributed by atoms with Gasteiger partial charge in [0.05, 0.1) is 18.8 Å². The second kappa shape index (κ2) is 5.44. The molecule has 25 heavy (non-hydrogen) atoms. The maximum absolute atomic E-state index is 15.3. The van der Waals surface area contributed by atoms with Crippen molar-refractivity contribution < 1.29 is 14.2 Å². The third kappa shape index (κ3) is 2.40. The van der Waals surface area contributed by atoms with Crippen molar-refractivity contribution in [3.8, 4) is 0 Å². The second-order valence-electron chi connectivity index (χ2n) is 10.9. The van der Waals surface area contributed by atoms with Gasteiger partial charge in [-0.15, -0.1) is 0 Å². The largest absolute Gasteiger partial charge is 0.390 e. The summed E-state index contributed by atoms with van der Waals surface area (Å²) in [6.07, 6.45) is 10.7. The Morgan fingerprint density at radius 3 is 2.36 bits per heavy atom. The average Bonchev–Trinajstić information content (AvgIpc) is 2.89. The predicted octanol–water partition coefficient (Wildman–Crippen LogP) is 4.74. The molecule has 0 radical (unpaired) electrons. The van der Waals surface area contributed by atoms with Crippen LogP contribution in [0, 0.1) is 40.9 Å². The fourth-order valence-corrected chi connectivity index (χ4v) is 8.43. The van der Waals surface area contributed by atoms with E-state index >= 15 is 4.39 Å². The Hall–Kier alpha value is -0.150. The lowest BCUT2D eigenvalue weighted by molar-refractivity contribution is -0.192. The van der Waals surface area contributed by atoms with Crippen LogP contribution in [0.25, 0.3) is 0 Å². The number of fused-ring (bicyclic) bond motifs is 5. The number of halogens is 1. The Labute approximate surface area is 151 Å². The Morgan fingerprint density at radius 1 is 0.880 bits per heavy atom. The van der Waals surface area contributed by atoms with E-state index in [9.17, 15) is 5.11 Å². The molecule has 5 fully saturated rings. The van der Waals surface area contributed by atoms with Crippen molar-refractivity contribution in [3.63, 3.8) is 0 Å². The Kier molecular flexibility index (Phi) is 3.69. The van der Waals surface area contributed by atoms with Gasteiger partial charge in [0.15, 0.2) is 5.67 Å². The highest BCUT2D eigenvalue weighted by Crippen LogP contribution is 2.67. The van der Waals surface area contributed by atoms with E-state index in [0.717, 1.165) is 48.9 Å². The maximum atomic E-state index is 15.3. The molecule has 1 N–H and O–H groups in total. The summed E-state index contributed by atoms with van der Waals surface area (Å²) in [6, 6.07) is 0. The third-order valence-electron chi connectivity index (χ3n) is 9.55. The first-order valence-electron chi connectivity index (χ1n) is 10.8. The van der Waals surface area contributed by atoms with Gasteiger partial charge >= 0.3 is 0 Å². The molecule has 0 aromatic carbocycles. The van der Waals surface area contributed by atoms with E-state index in [-0.39, 0.29) is 11.3 Å². The molecule has 0 bridgehead atoms. The summed E-state index contributed by atoms with van der Waals surface area (Å²) in [5.74, 6) is 4.18. The quantitative estimate of drug-likeness (QED) is 0.740. The maximum Gasteiger partial charge on any atom is 0.160 e. The van der Waals surface area contributed by atoms with Crippen LogP contribution >= 0.6 is 0 Å². The average molecular weight is 351 g/mol. The van der Waals surface area contributed by atoms with E-state index in [1.807, 2.05) is 6.92 Å². The Bertz CT molecular complexity index is 542. The van der Waals surface area contributed by atoms with Crippen LogP contribution in [0.2, 0.25) is 0 Å². The van der Waals surface area contributed by atoms with Gasteiger partial charge in [0, 0.05) is 5.92 Å². The van der Waals surface area contributed by atoms with Gasteiger partial charge in [-0.25, -0.2) is 4.39 Å². The summed E-state index contributed by atoms with van der Waals surface area (Å²) in [5.41, 5.74) is -1.26. The molecule has 142 valence electrons. The number of hydrogen-bond donors (Lipinski definition) is 1. The van der Waals surface area contributed by atoms with Crippen LogP contribution in [-0.4, -0.2) is 29.6 Å². The molecular formula is C22H35FO2. The molecule has 5 rings (SSSR count). The Balaban J connectivity index is 1.37. The molecule has 1 heterocycles. The van der Waals surface area contributed by atoms with Gasteiger partial charge in [-0.05, 0) is 99.7 Å². The van der Waals surface area contributed by atoms with Crippen LogP contribution in [0.4, 0.5) is 4.39 Å². The van der Waals surface area contributed by atoms with Crippen LogP contribution < -0.4 is 0 Å². The van der Waals surface area contributed by atoms with E-state index in [4.69, 9.17) is 4.74 Å². The van der Waals surface area contributed by atoms with Crippen LogP contribution in [0.5, 0.6) is 0 Å². The molecule has 1 unspecified atom stereocenters. The summed E-state index contributed by atoms with van der Waals surface area (Å²) in [7, 11) is 0. The third-order valence-corrected chi connectivity index (χ3v) is 9.55. The highest BCUT2D eigenvalue weighted by molar-refractivity contribution is 5.12. The molecule has 1 saturated heterocycles. The van der Waals surface area contributed by atoms with E-state index in [1.165, 1.54) is 38.5 Å². The van der Waals surface area contributed by atoms with Crippen molar-refractivity contribution in [2.75, 3.05) is 13.2 Å². The van der Waals surface area contributed by atoms with Crippen molar-refractivity contribution in [1.82, 2.24) is 0 Å². The van der Waals surface area contributed by atoms with Gasteiger partial charge in [-0.1, -0.05) is 6.92 Å². The van der Waals surface area contributed by atoms with Crippen LogP contribution in [0.15, 0.2) is 0 Å². The van der Waals surface area contributed by atoms with Crippen molar-refractivity contribution in [2.45, 2.75) is 82.9 Å². The first-order chi connectivity index (χ1) is 11.8. The number of ether oxygens (including phenoxy) is 1. The standard InChI is InChI=1S/C22H35FO2/c1-20(24)9-7-15-14(11-20)3-4-17-16(15)8-10-21(2)18(17)5-6-19(21)22(23)12-25-13-22/h14-19,24H,3-13H2,1-2H3/t14-,15?,16-,17-,18+,19+,20-,21+/m1/s1. The minimum atomic E-state index is -1.03. The van der Waals surface area contributed by atoms with Crippen LogP contribution in [0.1, 0.15) is 71.6 Å². The summed E-state index contributed by atoms with van der Waals surface area (Å²) in [6.45, 7) is 5.14. The van der Waals surface area contributed by atoms with Gasteiger partial charge in [0.25, 0.3) is 0 Å². The first kappa shape index (κ1) is 17.0. The number of alkyl halides is 1. The van der Waals surface area contributed by atoms with Crippen molar-refractivity contribution >= 4 is 0 Å². The lowest BCUT2D eigenvalue weighted by atomic mass is 9.48. The number of hydrogen-bond acceptors (Lipinski definition) is 2. The van der Waals surface area contributed by atoms with Crippen molar-refractivity contribution in [2.24, 2.45) is 40.9 Å². The molecule has 8 atom stereocenters. The van der Waals surface area contributed by atoms with Gasteiger partial charge in [0.1, 0.15) is 0 Å². The minimum absolute atomic E-state index is 0.201. The molecule has 1 aliphatic heterocycles. The monoisotopic (exact) mass is 350 g/mol. The SMILES string of the molecule is C[C@@]1(O)CCC2[C@H](CC[C@@H]3[C@@H]2CC[C@]2(C)[C@@H](C4(F)COC4)CC[C@@H]32)C1. The predicted molar refractivity (Wildman–Crippen MR) is 95.9 cm³/mol. The molecule has 0 aromatic heterocycles. The number of aliphatic hydroxyl groups is 1. The normalized spacial score (nSPS) is 57.1. The lowest BCUT2D eigenvalue weighted by Gasteiger charge is -2.58. The molecule has 0 spiro atoms. The van der Waals surface area contributed by atoms with E-state index in [2.05, 4.69) is 6.92 Å². The molecular weight excluding hydrogens is 315 g/mol. The molecule has 0 amide bonds. The summed E-state index contributed by atoms with van der Waals surface area (Å²) >= 11 is 0. The van der Waals surface area contributed by atoms with Gasteiger partial charge < -0.3 is 9.84 Å². The highest BCUT2D eigenvalue weighted by Gasteiger charge is 2.63. The summed E-state index contributed by atoms with van der Waals surface area (Å²) in [5, 5.41) is 10.5. The molecule has 3 heteroatoms. The van der Waals surface area contributed by atoms with E-state index in [0.29, 0.717) is 13.2 Å². The topological polar surface area (TPSA) is 29.5 Å². The minimum Gasteiger partial charge on any atom is -0.390 e. The molecule has 0 aromatic rings. The lowest BCUT2D eigenvalue weighted by Crippen LogP contribution is -2.58. The van der Waals surface area contributed by atoms with E-state index in [1.54, 1.807) is 0 Å². The molecule has 2 nitrogen and oxygen atoms in total. The van der Waals surface area contributed by atoms with Gasteiger partial charge in [0.2, 0.25) is 0 Å². The van der Waals surface area contributed by atoms with Crippen molar-refractivity contribution in [3.05, 3.63) is 0 Å². The highest BCUT2D eigenvalue weighted by atomic mass is 19.1. The zero-order chi connectivity index (χ0) is 17.4. The Morgan fingerprint density at radius 2 is 1.64 bits per heavy atom. The van der Waals surface area contributed by atoms with Gasteiger partial charge in [-0.3, -0.25) is 0 Å². The first-order valence-corrected chi connectivity index (χ1v) is 10.8. The molecule has 4 aliphatic carbocycles. The van der Waals surface area contributed by atoms with Crippen LogP contribution in [0.3, 0.4) is 0 Å². The smallest absolute Gasteiger partial charge is 0.160 e. The summed E-state index contributed by atoms with van der Waals surface area (Å²) in [4.78, 5) is 0. The fraction of sp³-hybridized carbons (Fsp3) is 1.00. The van der Waals surface area contributed by atoms with Crippen LogP contribution in [-0.2, 0) is 4.74 Å². The van der Waals surface area contributed by atoms with E-state index < -0.39 is 11.3 Å². The zero-order valence-electron chi connectivity index (χ0n) is 16.0. The number of rotatable bonds is 1.